The van der Waals surface area contributed by atoms with Crippen LogP contribution in [0.25, 0.3) is 0 Å². The number of hydrogen-bond donors (Lipinski definition) is 3. The van der Waals surface area contributed by atoms with Gasteiger partial charge < -0.3 is 10.7 Å². The number of anilines is 2. The van der Waals surface area contributed by atoms with E-state index < -0.39 is 12.0 Å². The minimum absolute atomic E-state index is 0.0738. The molecule has 18 heavy (non-hydrogen) atoms. The molecular formula is C10H16F3N5. The van der Waals surface area contributed by atoms with Crippen LogP contribution in [0, 0.1) is 0 Å². The number of hydrazine groups is 1. The summed E-state index contributed by atoms with van der Waals surface area (Å²) in [7, 11) is 0. The van der Waals surface area contributed by atoms with Gasteiger partial charge in [0.05, 0.1) is 0 Å². The van der Waals surface area contributed by atoms with Crippen molar-refractivity contribution >= 4 is 11.6 Å². The molecule has 0 saturated heterocycles. The van der Waals surface area contributed by atoms with Crippen LogP contribution >= 0.6 is 0 Å². The van der Waals surface area contributed by atoms with Crippen molar-refractivity contribution in [3.8, 4) is 0 Å². The molecule has 0 atom stereocenters. The van der Waals surface area contributed by atoms with Crippen molar-refractivity contribution in [2.45, 2.75) is 32.4 Å². The summed E-state index contributed by atoms with van der Waals surface area (Å²) in [5.41, 5.74) is 2.09. The zero-order valence-corrected chi connectivity index (χ0v) is 10.0. The van der Waals surface area contributed by atoms with Crippen molar-refractivity contribution in [2.75, 3.05) is 17.3 Å². The fourth-order valence-electron chi connectivity index (χ4n) is 1.33. The number of unbranched alkanes of at least 4 members (excludes halogenated alkanes) is 2. The average Bonchev–Trinajstić information content (AvgIpc) is 2.33. The number of hydrogen-bond acceptors (Lipinski definition) is 5. The first-order valence-electron chi connectivity index (χ1n) is 5.64. The Kier molecular flexibility index (Phi) is 5.14. The largest absolute Gasteiger partial charge is 0.451 e. The SMILES string of the molecule is CCCCCNc1cc(NN)nc(C(F)(F)F)n1. The summed E-state index contributed by atoms with van der Waals surface area (Å²) in [6, 6.07) is 1.33. The van der Waals surface area contributed by atoms with Crippen LogP contribution in [-0.2, 0) is 6.18 Å². The Labute approximate surface area is 103 Å². The number of nitrogens with one attached hydrogen (secondary N) is 2. The third-order valence-electron chi connectivity index (χ3n) is 2.21. The standard InChI is InChI=1S/C10H16F3N5/c1-2-3-4-5-15-7-6-8(18-14)17-9(16-7)10(11,12)13/h6H,2-5,14H2,1H3,(H2,15,16,17,18). The molecule has 1 rings (SSSR count). The second-order valence-corrected chi connectivity index (χ2v) is 3.74. The van der Waals surface area contributed by atoms with Gasteiger partial charge in [-0.1, -0.05) is 19.8 Å². The van der Waals surface area contributed by atoms with Gasteiger partial charge in [-0.2, -0.15) is 13.2 Å². The number of nitrogen functional groups attached to an aromatic ring is 1. The average molecular weight is 263 g/mol. The van der Waals surface area contributed by atoms with Crippen LogP contribution in [0.2, 0.25) is 0 Å². The minimum atomic E-state index is -4.59. The summed E-state index contributed by atoms with van der Waals surface area (Å²) in [4.78, 5) is 6.66. The fraction of sp³-hybridized carbons (Fsp3) is 0.600. The smallest absolute Gasteiger partial charge is 0.370 e. The molecule has 0 unspecified atom stereocenters. The van der Waals surface area contributed by atoms with Gasteiger partial charge in [0.15, 0.2) is 0 Å². The van der Waals surface area contributed by atoms with Gasteiger partial charge in [-0.3, -0.25) is 0 Å². The number of halogens is 3. The lowest BCUT2D eigenvalue weighted by molar-refractivity contribution is -0.144. The molecule has 1 heterocycles. The molecule has 0 aromatic carbocycles. The highest BCUT2D eigenvalue weighted by Crippen LogP contribution is 2.28. The molecule has 0 saturated carbocycles. The quantitative estimate of drug-likeness (QED) is 0.417. The predicted octanol–water partition coefficient (Wildman–Crippen LogP) is 2.38. The van der Waals surface area contributed by atoms with E-state index >= 15 is 0 Å². The summed E-state index contributed by atoms with van der Waals surface area (Å²) in [5.74, 6) is 3.90. The molecule has 0 radical (unpaired) electrons. The van der Waals surface area contributed by atoms with E-state index in [0.717, 1.165) is 19.3 Å². The van der Waals surface area contributed by atoms with E-state index in [9.17, 15) is 13.2 Å². The van der Waals surface area contributed by atoms with Crippen molar-refractivity contribution in [3.63, 3.8) is 0 Å². The molecule has 0 bridgehead atoms. The zero-order chi connectivity index (χ0) is 13.6. The molecule has 1 aromatic heterocycles. The highest BCUT2D eigenvalue weighted by atomic mass is 19.4. The lowest BCUT2D eigenvalue weighted by Gasteiger charge is -2.11. The van der Waals surface area contributed by atoms with Gasteiger partial charge in [0.25, 0.3) is 0 Å². The lowest BCUT2D eigenvalue weighted by Crippen LogP contribution is -2.17. The predicted molar refractivity (Wildman–Crippen MR) is 62.9 cm³/mol. The second kappa shape index (κ2) is 6.39. The normalized spacial score (nSPS) is 11.4. The van der Waals surface area contributed by atoms with Gasteiger partial charge in [0.2, 0.25) is 5.82 Å². The van der Waals surface area contributed by atoms with E-state index in [1.54, 1.807) is 0 Å². The van der Waals surface area contributed by atoms with Crippen molar-refractivity contribution < 1.29 is 13.2 Å². The number of rotatable bonds is 6. The number of aromatic nitrogens is 2. The van der Waals surface area contributed by atoms with Crippen LogP contribution in [0.1, 0.15) is 32.0 Å². The summed E-state index contributed by atoms with van der Waals surface area (Å²) < 4.78 is 37.5. The van der Waals surface area contributed by atoms with E-state index in [4.69, 9.17) is 5.84 Å². The molecule has 0 spiro atoms. The summed E-state index contributed by atoms with van der Waals surface area (Å²) >= 11 is 0. The van der Waals surface area contributed by atoms with Gasteiger partial charge in [-0.25, -0.2) is 15.8 Å². The summed E-state index contributed by atoms with van der Waals surface area (Å²) in [6.45, 7) is 2.61. The Morgan fingerprint density at radius 3 is 2.44 bits per heavy atom. The van der Waals surface area contributed by atoms with E-state index in [-0.39, 0.29) is 11.6 Å². The molecule has 0 aliphatic rings. The molecule has 0 amide bonds. The van der Waals surface area contributed by atoms with Gasteiger partial charge in [-0.15, -0.1) is 0 Å². The lowest BCUT2D eigenvalue weighted by atomic mass is 10.2. The van der Waals surface area contributed by atoms with Crippen LogP contribution < -0.4 is 16.6 Å². The molecule has 0 aliphatic carbocycles. The second-order valence-electron chi connectivity index (χ2n) is 3.74. The highest BCUT2D eigenvalue weighted by Gasteiger charge is 2.35. The van der Waals surface area contributed by atoms with Gasteiger partial charge in [0.1, 0.15) is 11.6 Å². The monoisotopic (exact) mass is 263 g/mol. The first-order chi connectivity index (χ1) is 8.47. The highest BCUT2D eigenvalue weighted by molar-refractivity contribution is 5.47. The topological polar surface area (TPSA) is 75.9 Å². The minimum Gasteiger partial charge on any atom is -0.370 e. The first-order valence-corrected chi connectivity index (χ1v) is 5.64. The Bertz CT molecular complexity index is 380. The number of nitrogens with two attached hydrogens (primary N) is 1. The molecule has 102 valence electrons. The van der Waals surface area contributed by atoms with Crippen LogP contribution in [-0.4, -0.2) is 16.5 Å². The van der Waals surface area contributed by atoms with E-state index in [0.29, 0.717) is 6.54 Å². The van der Waals surface area contributed by atoms with Gasteiger partial charge >= 0.3 is 6.18 Å². The maximum absolute atomic E-state index is 12.5. The molecule has 1 aromatic rings. The third-order valence-corrected chi connectivity index (χ3v) is 2.21. The molecule has 0 aliphatic heterocycles. The molecular weight excluding hydrogens is 247 g/mol. The van der Waals surface area contributed by atoms with Crippen molar-refractivity contribution in [1.82, 2.24) is 9.97 Å². The van der Waals surface area contributed by atoms with Gasteiger partial charge in [0, 0.05) is 12.6 Å². The Hall–Kier alpha value is -1.57. The third kappa shape index (κ3) is 4.36. The van der Waals surface area contributed by atoms with E-state index in [2.05, 4.69) is 20.7 Å². The molecule has 8 heteroatoms. The molecule has 4 N–H and O–H groups in total. The fourth-order valence-corrected chi connectivity index (χ4v) is 1.33. The first kappa shape index (κ1) is 14.5. The summed E-state index contributed by atoms with van der Waals surface area (Å²) in [5, 5.41) is 2.82. The Morgan fingerprint density at radius 1 is 1.22 bits per heavy atom. The molecule has 5 nitrogen and oxygen atoms in total. The molecule has 0 fully saturated rings. The Morgan fingerprint density at radius 2 is 1.89 bits per heavy atom. The maximum Gasteiger partial charge on any atom is 0.451 e. The van der Waals surface area contributed by atoms with E-state index in [1.165, 1.54) is 6.07 Å². The number of nitrogens with zero attached hydrogens (tertiary/aromatic N) is 2. The van der Waals surface area contributed by atoms with Crippen LogP contribution in [0.3, 0.4) is 0 Å². The van der Waals surface area contributed by atoms with Crippen LogP contribution in [0.15, 0.2) is 6.07 Å². The number of alkyl halides is 3. The maximum atomic E-state index is 12.5. The van der Waals surface area contributed by atoms with Gasteiger partial charge in [-0.05, 0) is 6.42 Å². The van der Waals surface area contributed by atoms with Crippen LogP contribution in [0.5, 0.6) is 0 Å². The zero-order valence-electron chi connectivity index (χ0n) is 10.0. The van der Waals surface area contributed by atoms with Crippen molar-refractivity contribution in [1.29, 1.82) is 0 Å². The van der Waals surface area contributed by atoms with E-state index in [1.807, 2.05) is 6.92 Å². The Balaban J connectivity index is 2.78. The summed E-state index contributed by atoms with van der Waals surface area (Å²) in [6.07, 6.45) is -1.68. The van der Waals surface area contributed by atoms with Crippen molar-refractivity contribution in [3.05, 3.63) is 11.9 Å². The van der Waals surface area contributed by atoms with Crippen LogP contribution in [0.4, 0.5) is 24.8 Å². The van der Waals surface area contributed by atoms with Crippen molar-refractivity contribution in [2.24, 2.45) is 5.84 Å².